The van der Waals surface area contributed by atoms with Gasteiger partial charge < -0.3 is 10.6 Å². The number of amides is 1. The number of rotatable bonds is 8. The Balaban J connectivity index is 2.91. The fourth-order valence-electron chi connectivity index (χ4n) is 2.06. The second kappa shape index (κ2) is 8.60. The van der Waals surface area contributed by atoms with Crippen molar-refractivity contribution in [1.82, 2.24) is 15.3 Å². The van der Waals surface area contributed by atoms with Gasteiger partial charge in [0.2, 0.25) is 0 Å². The highest BCUT2D eigenvalue weighted by Crippen LogP contribution is 2.16. The standard InChI is InChI=1S/C16H28N4O/c1-6-12(7-2)9-19-16(21)14-13(17-8-3)10-18-15(20-14)11(4)5/h10-12,17H,6-9H2,1-5H3,(H,19,21). The molecule has 1 heterocycles. The lowest BCUT2D eigenvalue weighted by atomic mass is 10.0. The first-order valence-corrected chi connectivity index (χ1v) is 7.92. The Bertz CT molecular complexity index is 456. The molecule has 1 rings (SSSR count). The molecule has 0 aliphatic heterocycles. The van der Waals surface area contributed by atoms with Crippen LogP contribution in [-0.4, -0.2) is 29.0 Å². The van der Waals surface area contributed by atoms with Gasteiger partial charge in [-0.25, -0.2) is 9.97 Å². The fourth-order valence-corrected chi connectivity index (χ4v) is 2.06. The third kappa shape index (κ3) is 4.99. The highest BCUT2D eigenvalue weighted by Gasteiger charge is 2.17. The molecule has 5 heteroatoms. The van der Waals surface area contributed by atoms with Crippen LogP contribution >= 0.6 is 0 Å². The van der Waals surface area contributed by atoms with Crippen molar-refractivity contribution in [1.29, 1.82) is 0 Å². The molecule has 0 fully saturated rings. The van der Waals surface area contributed by atoms with E-state index >= 15 is 0 Å². The van der Waals surface area contributed by atoms with E-state index in [1.54, 1.807) is 6.20 Å². The van der Waals surface area contributed by atoms with Crippen LogP contribution in [0.3, 0.4) is 0 Å². The van der Waals surface area contributed by atoms with Gasteiger partial charge in [0.05, 0.1) is 11.9 Å². The number of nitrogens with one attached hydrogen (secondary N) is 2. The second-order valence-electron chi connectivity index (χ2n) is 5.57. The number of hydrogen-bond donors (Lipinski definition) is 2. The molecule has 0 saturated carbocycles. The fraction of sp³-hybridized carbons (Fsp3) is 0.688. The van der Waals surface area contributed by atoms with E-state index in [4.69, 9.17) is 0 Å². The first kappa shape index (κ1) is 17.4. The van der Waals surface area contributed by atoms with Gasteiger partial charge in [0, 0.05) is 19.0 Å². The monoisotopic (exact) mass is 292 g/mol. The maximum absolute atomic E-state index is 12.4. The predicted molar refractivity (Wildman–Crippen MR) is 86.7 cm³/mol. The zero-order chi connectivity index (χ0) is 15.8. The Labute approximate surface area is 128 Å². The minimum absolute atomic E-state index is 0.123. The zero-order valence-corrected chi connectivity index (χ0v) is 13.9. The minimum Gasteiger partial charge on any atom is -0.382 e. The van der Waals surface area contributed by atoms with Crippen LogP contribution in [0, 0.1) is 5.92 Å². The van der Waals surface area contributed by atoms with Crippen molar-refractivity contribution in [2.45, 2.75) is 53.4 Å². The molecule has 5 nitrogen and oxygen atoms in total. The van der Waals surface area contributed by atoms with Crippen LogP contribution < -0.4 is 10.6 Å². The minimum atomic E-state index is -0.123. The van der Waals surface area contributed by atoms with Gasteiger partial charge in [-0.05, 0) is 12.8 Å². The van der Waals surface area contributed by atoms with Gasteiger partial charge in [-0.2, -0.15) is 0 Å². The number of carbonyl (C=O) groups excluding carboxylic acids is 1. The molecule has 0 aromatic carbocycles. The van der Waals surface area contributed by atoms with E-state index in [0.29, 0.717) is 29.7 Å². The van der Waals surface area contributed by atoms with Crippen molar-refractivity contribution in [2.75, 3.05) is 18.4 Å². The lowest BCUT2D eigenvalue weighted by Gasteiger charge is -2.15. The van der Waals surface area contributed by atoms with E-state index in [1.165, 1.54) is 0 Å². The third-order valence-electron chi connectivity index (χ3n) is 3.61. The summed E-state index contributed by atoms with van der Waals surface area (Å²) >= 11 is 0. The summed E-state index contributed by atoms with van der Waals surface area (Å²) in [6.07, 6.45) is 3.84. The number of hydrogen-bond acceptors (Lipinski definition) is 4. The highest BCUT2D eigenvalue weighted by atomic mass is 16.1. The summed E-state index contributed by atoms with van der Waals surface area (Å²) in [6, 6.07) is 0. The van der Waals surface area contributed by atoms with Crippen LogP contribution in [0.1, 0.15) is 69.7 Å². The Morgan fingerprint density at radius 3 is 2.43 bits per heavy atom. The molecule has 0 atom stereocenters. The molecular formula is C16H28N4O. The van der Waals surface area contributed by atoms with E-state index < -0.39 is 0 Å². The topological polar surface area (TPSA) is 66.9 Å². The molecule has 0 radical (unpaired) electrons. The van der Waals surface area contributed by atoms with Crippen LogP contribution in [0.2, 0.25) is 0 Å². The Kier molecular flexibility index (Phi) is 7.12. The first-order valence-electron chi connectivity index (χ1n) is 7.92. The van der Waals surface area contributed by atoms with Crippen LogP contribution in [-0.2, 0) is 0 Å². The normalized spacial score (nSPS) is 11.0. The number of aromatic nitrogens is 2. The van der Waals surface area contributed by atoms with E-state index in [1.807, 2.05) is 20.8 Å². The maximum Gasteiger partial charge on any atom is 0.272 e. The SMILES string of the molecule is CCNc1cnc(C(C)C)nc1C(=O)NCC(CC)CC. The summed E-state index contributed by atoms with van der Waals surface area (Å²) in [4.78, 5) is 21.2. The molecule has 0 aliphatic carbocycles. The lowest BCUT2D eigenvalue weighted by molar-refractivity contribution is 0.0942. The van der Waals surface area contributed by atoms with Gasteiger partial charge in [-0.3, -0.25) is 4.79 Å². The number of carbonyl (C=O) groups is 1. The molecule has 0 bridgehead atoms. The summed E-state index contributed by atoms with van der Waals surface area (Å²) in [5.74, 6) is 1.29. The molecule has 0 unspecified atom stereocenters. The van der Waals surface area contributed by atoms with Crippen molar-refractivity contribution in [2.24, 2.45) is 5.92 Å². The summed E-state index contributed by atoms with van der Waals surface area (Å²) in [5, 5.41) is 6.15. The van der Waals surface area contributed by atoms with Crippen LogP contribution in [0.4, 0.5) is 5.69 Å². The van der Waals surface area contributed by atoms with E-state index in [0.717, 1.165) is 19.4 Å². The molecule has 1 aromatic rings. The largest absolute Gasteiger partial charge is 0.382 e. The lowest BCUT2D eigenvalue weighted by Crippen LogP contribution is -2.30. The maximum atomic E-state index is 12.4. The average Bonchev–Trinajstić information content (AvgIpc) is 2.48. The average molecular weight is 292 g/mol. The van der Waals surface area contributed by atoms with Gasteiger partial charge in [-0.1, -0.05) is 40.5 Å². The van der Waals surface area contributed by atoms with E-state index in [-0.39, 0.29) is 11.8 Å². The molecular weight excluding hydrogens is 264 g/mol. The third-order valence-corrected chi connectivity index (χ3v) is 3.61. The van der Waals surface area contributed by atoms with E-state index in [2.05, 4.69) is 34.4 Å². The zero-order valence-electron chi connectivity index (χ0n) is 13.9. The molecule has 118 valence electrons. The summed E-state index contributed by atoms with van der Waals surface area (Å²) in [5.41, 5.74) is 1.14. The van der Waals surface area contributed by atoms with Gasteiger partial charge >= 0.3 is 0 Å². The molecule has 2 N–H and O–H groups in total. The van der Waals surface area contributed by atoms with Gasteiger partial charge in [-0.15, -0.1) is 0 Å². The van der Waals surface area contributed by atoms with Crippen molar-refractivity contribution in [3.8, 4) is 0 Å². The van der Waals surface area contributed by atoms with Crippen LogP contribution in [0.5, 0.6) is 0 Å². The molecule has 1 amide bonds. The van der Waals surface area contributed by atoms with Gasteiger partial charge in [0.1, 0.15) is 5.82 Å². The Hall–Kier alpha value is -1.65. The van der Waals surface area contributed by atoms with Crippen molar-refractivity contribution < 1.29 is 4.79 Å². The number of anilines is 1. The predicted octanol–water partition coefficient (Wildman–Crippen LogP) is 3.20. The Morgan fingerprint density at radius 1 is 1.24 bits per heavy atom. The first-order chi connectivity index (χ1) is 10.0. The summed E-state index contributed by atoms with van der Waals surface area (Å²) < 4.78 is 0. The molecule has 21 heavy (non-hydrogen) atoms. The molecule has 0 aliphatic rings. The molecule has 1 aromatic heterocycles. The quantitative estimate of drug-likeness (QED) is 0.772. The molecule has 0 spiro atoms. The van der Waals surface area contributed by atoms with E-state index in [9.17, 15) is 4.79 Å². The molecule has 0 saturated heterocycles. The Morgan fingerprint density at radius 2 is 1.90 bits per heavy atom. The van der Waals surface area contributed by atoms with Crippen LogP contribution in [0.15, 0.2) is 6.20 Å². The highest BCUT2D eigenvalue weighted by molar-refractivity contribution is 5.97. The van der Waals surface area contributed by atoms with Crippen molar-refractivity contribution in [3.63, 3.8) is 0 Å². The van der Waals surface area contributed by atoms with Gasteiger partial charge in [0.25, 0.3) is 5.91 Å². The van der Waals surface area contributed by atoms with Gasteiger partial charge in [0.15, 0.2) is 5.69 Å². The number of nitrogens with zero attached hydrogens (tertiary/aromatic N) is 2. The smallest absolute Gasteiger partial charge is 0.272 e. The van der Waals surface area contributed by atoms with Crippen molar-refractivity contribution in [3.05, 3.63) is 17.7 Å². The summed E-state index contributed by atoms with van der Waals surface area (Å²) in [7, 11) is 0. The second-order valence-corrected chi connectivity index (χ2v) is 5.57. The van der Waals surface area contributed by atoms with Crippen LogP contribution in [0.25, 0.3) is 0 Å². The summed E-state index contributed by atoms with van der Waals surface area (Å²) in [6.45, 7) is 11.7. The van der Waals surface area contributed by atoms with Crippen molar-refractivity contribution >= 4 is 11.6 Å².